The van der Waals surface area contributed by atoms with E-state index in [0.29, 0.717) is 0 Å². The van der Waals surface area contributed by atoms with Gasteiger partial charge in [0.25, 0.3) is 0 Å². The third kappa shape index (κ3) is 2.95. The van der Waals surface area contributed by atoms with Gasteiger partial charge in [-0.2, -0.15) is 0 Å². The molecule has 1 saturated heterocycles. The van der Waals surface area contributed by atoms with Crippen LogP contribution in [-0.2, 0) is 6.54 Å². The minimum absolute atomic E-state index is 0.177. The third-order valence-electron chi connectivity index (χ3n) is 2.83. The molecule has 1 heterocycles. The van der Waals surface area contributed by atoms with Crippen LogP contribution in [0.5, 0.6) is 5.75 Å². The van der Waals surface area contributed by atoms with Gasteiger partial charge in [-0.1, -0.05) is 12.1 Å². The topological polar surface area (TPSA) is 44.7 Å². The Balaban J connectivity index is 1.80. The fourth-order valence-corrected chi connectivity index (χ4v) is 1.83. The Hall–Kier alpha value is -1.10. The first kappa shape index (κ1) is 11.4. The minimum Gasteiger partial charge on any atom is -0.497 e. The summed E-state index contributed by atoms with van der Waals surface area (Å²) in [5.41, 5.74) is 4.51. The van der Waals surface area contributed by atoms with E-state index < -0.39 is 0 Å². The SMILES string of the molecule is COc1ccc(CNN2CCC(O)C2)cc1. The summed E-state index contributed by atoms with van der Waals surface area (Å²) in [6, 6.07) is 7.99. The number of nitrogens with zero attached hydrogens (tertiary/aromatic N) is 1. The summed E-state index contributed by atoms with van der Waals surface area (Å²) in [6.07, 6.45) is 0.679. The molecule has 88 valence electrons. The number of aliphatic hydroxyl groups is 1. The standard InChI is InChI=1S/C12H18N2O2/c1-16-12-4-2-10(3-5-12)8-13-14-7-6-11(15)9-14/h2-5,11,13,15H,6-9H2,1H3. The molecule has 1 atom stereocenters. The molecule has 1 aliphatic heterocycles. The number of hydrogen-bond acceptors (Lipinski definition) is 4. The van der Waals surface area contributed by atoms with E-state index in [1.165, 1.54) is 5.56 Å². The van der Waals surface area contributed by atoms with Crippen LogP contribution in [0.2, 0.25) is 0 Å². The zero-order chi connectivity index (χ0) is 11.4. The molecule has 2 N–H and O–H groups in total. The van der Waals surface area contributed by atoms with Crippen LogP contribution in [0.4, 0.5) is 0 Å². The molecule has 1 aromatic rings. The molecular formula is C12H18N2O2. The van der Waals surface area contributed by atoms with Crippen molar-refractivity contribution < 1.29 is 9.84 Å². The zero-order valence-corrected chi connectivity index (χ0v) is 9.52. The highest BCUT2D eigenvalue weighted by Gasteiger charge is 2.19. The Kier molecular flexibility index (Phi) is 3.77. The van der Waals surface area contributed by atoms with Crippen molar-refractivity contribution in [1.29, 1.82) is 0 Å². The molecule has 0 spiro atoms. The summed E-state index contributed by atoms with van der Waals surface area (Å²) in [5.74, 6) is 0.875. The summed E-state index contributed by atoms with van der Waals surface area (Å²) < 4.78 is 5.10. The third-order valence-corrected chi connectivity index (χ3v) is 2.83. The minimum atomic E-state index is -0.177. The first-order valence-electron chi connectivity index (χ1n) is 5.57. The molecule has 0 amide bonds. The van der Waals surface area contributed by atoms with E-state index in [1.54, 1.807) is 7.11 Å². The van der Waals surface area contributed by atoms with Crippen LogP contribution in [0.25, 0.3) is 0 Å². The van der Waals surface area contributed by atoms with Crippen molar-refractivity contribution >= 4 is 0 Å². The highest BCUT2D eigenvalue weighted by molar-refractivity contribution is 5.26. The average molecular weight is 222 g/mol. The maximum absolute atomic E-state index is 9.37. The molecule has 1 unspecified atom stereocenters. The number of rotatable bonds is 4. The lowest BCUT2D eigenvalue weighted by atomic mass is 10.2. The maximum Gasteiger partial charge on any atom is 0.118 e. The van der Waals surface area contributed by atoms with Gasteiger partial charge in [-0.3, -0.25) is 5.43 Å². The number of aliphatic hydroxyl groups excluding tert-OH is 1. The predicted molar refractivity (Wildman–Crippen MR) is 62.0 cm³/mol. The Morgan fingerprint density at radius 1 is 1.44 bits per heavy atom. The van der Waals surface area contributed by atoms with Crippen LogP contribution >= 0.6 is 0 Å². The van der Waals surface area contributed by atoms with Gasteiger partial charge >= 0.3 is 0 Å². The second-order valence-electron chi connectivity index (χ2n) is 4.07. The molecule has 0 radical (unpaired) electrons. The maximum atomic E-state index is 9.37. The summed E-state index contributed by atoms with van der Waals surface area (Å²) in [4.78, 5) is 0. The number of methoxy groups -OCH3 is 1. The van der Waals surface area contributed by atoms with Gasteiger partial charge in [0.15, 0.2) is 0 Å². The van der Waals surface area contributed by atoms with Crippen LogP contribution in [0.3, 0.4) is 0 Å². The van der Waals surface area contributed by atoms with Crippen LogP contribution in [-0.4, -0.2) is 36.4 Å². The first-order valence-corrected chi connectivity index (χ1v) is 5.57. The van der Waals surface area contributed by atoms with Gasteiger partial charge in [0.2, 0.25) is 0 Å². The fourth-order valence-electron chi connectivity index (χ4n) is 1.83. The van der Waals surface area contributed by atoms with Crippen molar-refractivity contribution in [3.63, 3.8) is 0 Å². The molecule has 4 nitrogen and oxygen atoms in total. The lowest BCUT2D eigenvalue weighted by Gasteiger charge is -2.16. The highest BCUT2D eigenvalue weighted by Crippen LogP contribution is 2.12. The first-order chi connectivity index (χ1) is 7.78. The van der Waals surface area contributed by atoms with E-state index in [-0.39, 0.29) is 6.10 Å². The molecule has 4 heteroatoms. The average Bonchev–Trinajstić information content (AvgIpc) is 2.73. The van der Waals surface area contributed by atoms with Crippen molar-refractivity contribution in [2.75, 3.05) is 20.2 Å². The van der Waals surface area contributed by atoms with Crippen molar-refractivity contribution in [2.45, 2.75) is 19.1 Å². The molecule has 0 saturated carbocycles. The number of ether oxygens (including phenoxy) is 1. The van der Waals surface area contributed by atoms with Gasteiger partial charge in [0.05, 0.1) is 13.2 Å². The van der Waals surface area contributed by atoms with Crippen molar-refractivity contribution in [3.05, 3.63) is 29.8 Å². The van der Waals surface area contributed by atoms with Gasteiger partial charge in [-0.25, -0.2) is 5.01 Å². The van der Waals surface area contributed by atoms with E-state index in [4.69, 9.17) is 4.74 Å². The molecule has 2 rings (SSSR count). The quantitative estimate of drug-likeness (QED) is 0.789. The molecule has 1 aliphatic rings. The van der Waals surface area contributed by atoms with E-state index in [9.17, 15) is 5.11 Å². The van der Waals surface area contributed by atoms with Crippen molar-refractivity contribution in [3.8, 4) is 5.75 Å². The zero-order valence-electron chi connectivity index (χ0n) is 9.52. The van der Waals surface area contributed by atoms with Gasteiger partial charge < -0.3 is 9.84 Å². The lowest BCUT2D eigenvalue weighted by Crippen LogP contribution is -2.36. The van der Waals surface area contributed by atoms with Crippen LogP contribution in [0, 0.1) is 0 Å². The highest BCUT2D eigenvalue weighted by atomic mass is 16.5. The van der Waals surface area contributed by atoms with Gasteiger partial charge in [-0.05, 0) is 24.1 Å². The van der Waals surface area contributed by atoms with E-state index in [0.717, 1.165) is 31.8 Å². The van der Waals surface area contributed by atoms with E-state index >= 15 is 0 Å². The van der Waals surface area contributed by atoms with E-state index in [1.807, 2.05) is 24.3 Å². The van der Waals surface area contributed by atoms with Gasteiger partial charge in [0.1, 0.15) is 5.75 Å². The number of nitrogens with one attached hydrogen (secondary N) is 1. The molecule has 0 aliphatic carbocycles. The second kappa shape index (κ2) is 5.30. The van der Waals surface area contributed by atoms with E-state index in [2.05, 4.69) is 10.4 Å². The Morgan fingerprint density at radius 2 is 2.19 bits per heavy atom. The van der Waals surface area contributed by atoms with Crippen LogP contribution in [0.1, 0.15) is 12.0 Å². The smallest absolute Gasteiger partial charge is 0.118 e. The molecule has 0 aromatic heterocycles. The molecular weight excluding hydrogens is 204 g/mol. The number of hydrazine groups is 1. The summed E-state index contributed by atoms with van der Waals surface area (Å²) in [7, 11) is 1.67. The number of β-amino-alcohol motifs (C(OH)–C–C–N with tert-alkyl or cyclic N) is 1. The second-order valence-corrected chi connectivity index (χ2v) is 4.07. The monoisotopic (exact) mass is 222 g/mol. The lowest BCUT2D eigenvalue weighted by molar-refractivity contribution is 0.154. The largest absolute Gasteiger partial charge is 0.497 e. The van der Waals surface area contributed by atoms with Crippen molar-refractivity contribution in [2.24, 2.45) is 0 Å². The van der Waals surface area contributed by atoms with Gasteiger partial charge in [0, 0.05) is 19.6 Å². The number of hydrogen-bond donors (Lipinski definition) is 2. The summed E-state index contributed by atoms with van der Waals surface area (Å²) >= 11 is 0. The normalized spacial score (nSPS) is 21.2. The molecule has 1 aromatic carbocycles. The van der Waals surface area contributed by atoms with Crippen molar-refractivity contribution in [1.82, 2.24) is 10.4 Å². The predicted octanol–water partition coefficient (Wildman–Crippen LogP) is 0.766. The molecule has 0 bridgehead atoms. The Bertz CT molecular complexity index is 326. The summed E-state index contributed by atoms with van der Waals surface area (Å²) in [6.45, 7) is 2.42. The van der Waals surface area contributed by atoms with Crippen LogP contribution in [0.15, 0.2) is 24.3 Å². The summed E-state index contributed by atoms with van der Waals surface area (Å²) in [5, 5.41) is 11.4. The Labute approximate surface area is 95.8 Å². The van der Waals surface area contributed by atoms with Crippen LogP contribution < -0.4 is 10.2 Å². The Morgan fingerprint density at radius 3 is 2.75 bits per heavy atom. The number of benzene rings is 1. The molecule has 16 heavy (non-hydrogen) atoms. The fraction of sp³-hybridized carbons (Fsp3) is 0.500. The van der Waals surface area contributed by atoms with Gasteiger partial charge in [-0.15, -0.1) is 0 Å². The molecule has 1 fully saturated rings.